The third kappa shape index (κ3) is 3.21. The van der Waals surface area contributed by atoms with Crippen molar-refractivity contribution in [3.05, 3.63) is 41.7 Å². The lowest BCUT2D eigenvalue weighted by atomic mass is 10.3. The van der Waals surface area contributed by atoms with E-state index in [4.69, 9.17) is 4.74 Å². The molecule has 0 aliphatic heterocycles. The quantitative estimate of drug-likeness (QED) is 0.893. The zero-order valence-corrected chi connectivity index (χ0v) is 11.8. The molecule has 1 N–H and O–H groups in total. The van der Waals surface area contributed by atoms with E-state index in [1.165, 1.54) is 4.80 Å². The highest BCUT2D eigenvalue weighted by Gasteiger charge is 2.17. The molecule has 6 heteroatoms. The number of aromatic nitrogens is 3. The third-order valence-corrected chi connectivity index (χ3v) is 2.78. The second-order valence-electron chi connectivity index (χ2n) is 4.59. The van der Waals surface area contributed by atoms with Crippen molar-refractivity contribution in [1.29, 1.82) is 0 Å². The molecule has 1 aromatic heterocycles. The molecule has 0 fully saturated rings. The van der Waals surface area contributed by atoms with Gasteiger partial charge in [0.2, 0.25) is 0 Å². The maximum absolute atomic E-state index is 12.1. The van der Waals surface area contributed by atoms with Crippen molar-refractivity contribution in [2.75, 3.05) is 13.7 Å². The van der Waals surface area contributed by atoms with Crippen LogP contribution in [0.5, 0.6) is 0 Å². The summed E-state index contributed by atoms with van der Waals surface area (Å²) >= 11 is 0. The van der Waals surface area contributed by atoms with Gasteiger partial charge < -0.3 is 10.1 Å². The summed E-state index contributed by atoms with van der Waals surface area (Å²) in [5.41, 5.74) is 1.74. The fourth-order valence-corrected chi connectivity index (χ4v) is 1.85. The van der Waals surface area contributed by atoms with E-state index in [2.05, 4.69) is 15.5 Å². The number of ether oxygens (including phenoxy) is 1. The largest absolute Gasteiger partial charge is 0.383 e. The average Bonchev–Trinajstić information content (AvgIpc) is 2.82. The molecule has 0 aliphatic carbocycles. The molecule has 6 nitrogen and oxygen atoms in total. The number of hydrogen-bond acceptors (Lipinski definition) is 4. The molecule has 1 atom stereocenters. The van der Waals surface area contributed by atoms with Crippen molar-refractivity contribution in [3.8, 4) is 5.69 Å². The van der Waals surface area contributed by atoms with Crippen LogP contribution in [-0.4, -0.2) is 40.7 Å². The van der Waals surface area contributed by atoms with Gasteiger partial charge in [-0.1, -0.05) is 18.2 Å². The van der Waals surface area contributed by atoms with Crippen LogP contribution in [0.4, 0.5) is 0 Å². The van der Waals surface area contributed by atoms with Crippen LogP contribution in [-0.2, 0) is 4.74 Å². The molecule has 0 unspecified atom stereocenters. The van der Waals surface area contributed by atoms with E-state index in [1.807, 2.05) is 37.3 Å². The number of nitrogens with one attached hydrogen (secondary N) is 1. The molecule has 0 aliphatic rings. The lowest BCUT2D eigenvalue weighted by Gasteiger charge is -2.11. The van der Waals surface area contributed by atoms with Gasteiger partial charge in [0.15, 0.2) is 5.69 Å². The highest BCUT2D eigenvalue weighted by atomic mass is 16.5. The Balaban J connectivity index is 2.17. The number of methoxy groups -OCH3 is 1. The van der Waals surface area contributed by atoms with Gasteiger partial charge in [-0.25, -0.2) is 0 Å². The van der Waals surface area contributed by atoms with Gasteiger partial charge in [0.05, 0.1) is 18.0 Å². The van der Waals surface area contributed by atoms with E-state index < -0.39 is 0 Å². The Hall–Kier alpha value is -2.21. The molecule has 2 aromatic rings. The topological polar surface area (TPSA) is 69.0 Å². The summed E-state index contributed by atoms with van der Waals surface area (Å²) in [7, 11) is 1.60. The Kier molecular flexibility index (Phi) is 4.47. The number of rotatable bonds is 5. The number of carbonyl (C=O) groups is 1. The molecule has 106 valence electrons. The Morgan fingerprint density at radius 2 is 2.05 bits per heavy atom. The van der Waals surface area contributed by atoms with Gasteiger partial charge in [0.1, 0.15) is 0 Å². The minimum Gasteiger partial charge on any atom is -0.383 e. The predicted octanol–water partition coefficient (Wildman–Crippen LogP) is 1.34. The summed E-state index contributed by atoms with van der Waals surface area (Å²) in [4.78, 5) is 13.6. The number of hydrogen-bond donors (Lipinski definition) is 1. The standard InChI is InChI=1S/C14H18N4O2/c1-10(9-20-3)15-14(19)13-11(2)16-18(17-13)12-7-5-4-6-8-12/h4-8,10H,9H2,1-3H3,(H,15,19)/t10-/m1/s1. The first-order valence-corrected chi connectivity index (χ1v) is 6.41. The van der Waals surface area contributed by atoms with Crippen LogP contribution in [0, 0.1) is 6.92 Å². The van der Waals surface area contributed by atoms with Crippen LogP contribution in [0.1, 0.15) is 23.1 Å². The first-order chi connectivity index (χ1) is 9.61. The van der Waals surface area contributed by atoms with Crippen LogP contribution in [0.3, 0.4) is 0 Å². The molecule has 2 rings (SSSR count). The van der Waals surface area contributed by atoms with Crippen LogP contribution < -0.4 is 5.32 Å². The maximum atomic E-state index is 12.1. The maximum Gasteiger partial charge on any atom is 0.274 e. The molecule has 1 amide bonds. The van der Waals surface area contributed by atoms with Gasteiger partial charge >= 0.3 is 0 Å². The first kappa shape index (κ1) is 14.2. The molecule has 0 spiro atoms. The Bertz CT molecular complexity index is 580. The van der Waals surface area contributed by atoms with E-state index in [0.717, 1.165) is 5.69 Å². The minimum atomic E-state index is -0.241. The van der Waals surface area contributed by atoms with Gasteiger partial charge in [-0.05, 0) is 26.0 Å². The summed E-state index contributed by atoms with van der Waals surface area (Å²) in [6.07, 6.45) is 0. The zero-order chi connectivity index (χ0) is 14.5. The summed E-state index contributed by atoms with van der Waals surface area (Å²) in [5.74, 6) is -0.241. The average molecular weight is 274 g/mol. The first-order valence-electron chi connectivity index (χ1n) is 6.41. The smallest absolute Gasteiger partial charge is 0.274 e. The summed E-state index contributed by atoms with van der Waals surface area (Å²) in [6.45, 7) is 4.10. The summed E-state index contributed by atoms with van der Waals surface area (Å²) in [5, 5.41) is 11.3. The van der Waals surface area contributed by atoms with Crippen molar-refractivity contribution < 1.29 is 9.53 Å². The Morgan fingerprint density at radius 3 is 2.70 bits per heavy atom. The predicted molar refractivity (Wildman–Crippen MR) is 74.9 cm³/mol. The molecule has 20 heavy (non-hydrogen) atoms. The van der Waals surface area contributed by atoms with E-state index in [-0.39, 0.29) is 11.9 Å². The fourth-order valence-electron chi connectivity index (χ4n) is 1.85. The molecular formula is C14H18N4O2. The second-order valence-corrected chi connectivity index (χ2v) is 4.59. The van der Waals surface area contributed by atoms with E-state index >= 15 is 0 Å². The molecule has 0 bridgehead atoms. The molecule has 0 radical (unpaired) electrons. The van der Waals surface area contributed by atoms with Crippen LogP contribution in [0.2, 0.25) is 0 Å². The van der Waals surface area contributed by atoms with Crippen molar-refractivity contribution in [3.63, 3.8) is 0 Å². The molecular weight excluding hydrogens is 256 g/mol. The number of aryl methyl sites for hydroxylation is 1. The normalized spacial score (nSPS) is 12.2. The molecule has 0 saturated carbocycles. The second kappa shape index (κ2) is 6.29. The van der Waals surface area contributed by atoms with E-state index in [9.17, 15) is 4.79 Å². The number of para-hydroxylation sites is 1. The van der Waals surface area contributed by atoms with Gasteiger partial charge in [-0.15, -0.1) is 5.10 Å². The van der Waals surface area contributed by atoms with Gasteiger partial charge in [0, 0.05) is 13.2 Å². The summed E-state index contributed by atoms with van der Waals surface area (Å²) < 4.78 is 4.99. The van der Waals surface area contributed by atoms with Gasteiger partial charge in [-0.3, -0.25) is 4.79 Å². The van der Waals surface area contributed by atoms with Crippen molar-refractivity contribution in [1.82, 2.24) is 20.3 Å². The number of benzene rings is 1. The lowest BCUT2D eigenvalue weighted by Crippen LogP contribution is -2.36. The molecule has 1 aromatic carbocycles. The monoisotopic (exact) mass is 274 g/mol. The Labute approximate surface area is 117 Å². The van der Waals surface area contributed by atoms with E-state index in [1.54, 1.807) is 14.0 Å². The summed E-state index contributed by atoms with van der Waals surface area (Å²) in [6, 6.07) is 9.40. The fraction of sp³-hybridized carbons (Fsp3) is 0.357. The number of amides is 1. The highest BCUT2D eigenvalue weighted by Crippen LogP contribution is 2.08. The van der Waals surface area contributed by atoms with Gasteiger partial charge in [-0.2, -0.15) is 9.90 Å². The van der Waals surface area contributed by atoms with E-state index in [0.29, 0.717) is 18.0 Å². The van der Waals surface area contributed by atoms with Crippen molar-refractivity contribution >= 4 is 5.91 Å². The van der Waals surface area contributed by atoms with Crippen molar-refractivity contribution in [2.24, 2.45) is 0 Å². The van der Waals surface area contributed by atoms with Crippen LogP contribution in [0.15, 0.2) is 30.3 Å². The van der Waals surface area contributed by atoms with Crippen LogP contribution in [0.25, 0.3) is 5.69 Å². The van der Waals surface area contributed by atoms with Crippen molar-refractivity contribution in [2.45, 2.75) is 19.9 Å². The minimum absolute atomic E-state index is 0.0752. The molecule has 0 saturated heterocycles. The lowest BCUT2D eigenvalue weighted by molar-refractivity contribution is 0.0899. The SMILES string of the molecule is COC[C@@H](C)NC(=O)c1nn(-c2ccccc2)nc1C. The number of carbonyl (C=O) groups excluding carboxylic acids is 1. The van der Waals surface area contributed by atoms with Gasteiger partial charge in [0.25, 0.3) is 5.91 Å². The third-order valence-electron chi connectivity index (χ3n) is 2.78. The number of nitrogens with zero attached hydrogens (tertiary/aromatic N) is 3. The highest BCUT2D eigenvalue weighted by molar-refractivity contribution is 5.93. The molecule has 1 heterocycles. The van der Waals surface area contributed by atoms with Crippen LogP contribution >= 0.6 is 0 Å². The zero-order valence-electron chi connectivity index (χ0n) is 11.8. The Morgan fingerprint density at radius 1 is 1.35 bits per heavy atom.